The number of thioether (sulfide) groups is 1. The predicted octanol–water partition coefficient (Wildman–Crippen LogP) is 4.94. The van der Waals surface area contributed by atoms with Gasteiger partial charge in [-0.3, -0.25) is 4.57 Å². The van der Waals surface area contributed by atoms with Gasteiger partial charge < -0.3 is 9.72 Å². The minimum atomic E-state index is 0.239. The molecule has 4 aromatic rings. The quantitative estimate of drug-likeness (QED) is 0.443. The minimum Gasteiger partial charge on any atom is -0.376 e. The van der Waals surface area contributed by atoms with E-state index in [1.807, 2.05) is 12.3 Å². The fraction of sp³-hybridized carbons (Fsp3) is 0.304. The molecule has 1 aliphatic heterocycles. The molecule has 1 N–H and O–H groups in total. The van der Waals surface area contributed by atoms with Crippen LogP contribution >= 0.6 is 11.8 Å². The monoisotopic (exact) mass is 404 g/mol. The van der Waals surface area contributed by atoms with Crippen molar-refractivity contribution in [3.05, 3.63) is 66.4 Å². The number of H-pyrrole nitrogens is 1. The summed E-state index contributed by atoms with van der Waals surface area (Å²) < 4.78 is 8.17. The largest absolute Gasteiger partial charge is 0.376 e. The van der Waals surface area contributed by atoms with Crippen LogP contribution in [-0.2, 0) is 17.7 Å². The lowest BCUT2D eigenvalue weighted by atomic mass is 10.1. The van der Waals surface area contributed by atoms with E-state index in [1.54, 1.807) is 11.8 Å². The van der Waals surface area contributed by atoms with Crippen LogP contribution in [0.4, 0.5) is 0 Å². The molecular weight excluding hydrogens is 380 g/mol. The molecule has 1 aliphatic rings. The molecule has 1 fully saturated rings. The predicted molar refractivity (Wildman–Crippen MR) is 117 cm³/mol. The van der Waals surface area contributed by atoms with Crippen molar-refractivity contribution >= 4 is 22.7 Å². The number of rotatable bonds is 7. The molecule has 2 aromatic carbocycles. The first-order valence-corrected chi connectivity index (χ1v) is 11.1. The fourth-order valence-electron chi connectivity index (χ4n) is 3.91. The summed E-state index contributed by atoms with van der Waals surface area (Å²) in [5, 5.41) is 11.3. The maximum atomic E-state index is 5.92. The SMILES string of the molecule is c1ccc(CCSc2nnc(-c3c[nH]c4ccccc34)n2CC2CCCO2)cc1. The molecule has 0 spiro atoms. The molecule has 2 aromatic heterocycles. The Kier molecular flexibility index (Phi) is 5.37. The Morgan fingerprint density at radius 3 is 2.79 bits per heavy atom. The number of benzene rings is 2. The maximum absolute atomic E-state index is 5.92. The van der Waals surface area contributed by atoms with Crippen LogP contribution in [0.2, 0.25) is 0 Å². The first-order valence-electron chi connectivity index (χ1n) is 10.2. The second-order valence-electron chi connectivity index (χ2n) is 7.38. The first kappa shape index (κ1) is 18.5. The van der Waals surface area contributed by atoms with Crippen LogP contribution < -0.4 is 0 Å². The Balaban J connectivity index is 1.43. The normalized spacial score (nSPS) is 16.6. The van der Waals surface area contributed by atoms with E-state index in [4.69, 9.17) is 4.74 Å². The van der Waals surface area contributed by atoms with E-state index < -0.39 is 0 Å². The van der Waals surface area contributed by atoms with Gasteiger partial charge in [0, 0.05) is 35.0 Å². The summed E-state index contributed by atoms with van der Waals surface area (Å²) in [7, 11) is 0. The van der Waals surface area contributed by atoms with Gasteiger partial charge in [-0.25, -0.2) is 0 Å². The Morgan fingerprint density at radius 2 is 1.93 bits per heavy atom. The van der Waals surface area contributed by atoms with Crippen molar-refractivity contribution < 1.29 is 4.74 Å². The molecular formula is C23H24N4OS. The van der Waals surface area contributed by atoms with E-state index in [-0.39, 0.29) is 6.10 Å². The molecule has 1 unspecified atom stereocenters. The molecule has 1 saturated heterocycles. The van der Waals surface area contributed by atoms with Gasteiger partial charge in [0.15, 0.2) is 11.0 Å². The molecule has 6 heteroatoms. The minimum absolute atomic E-state index is 0.239. The topological polar surface area (TPSA) is 55.7 Å². The number of aryl methyl sites for hydroxylation is 1. The lowest BCUT2D eigenvalue weighted by Crippen LogP contribution is -2.16. The van der Waals surface area contributed by atoms with E-state index in [0.29, 0.717) is 0 Å². The van der Waals surface area contributed by atoms with Crippen molar-refractivity contribution in [2.45, 2.75) is 37.1 Å². The molecule has 5 nitrogen and oxygen atoms in total. The zero-order chi connectivity index (χ0) is 19.5. The summed E-state index contributed by atoms with van der Waals surface area (Å²) >= 11 is 1.77. The second-order valence-corrected chi connectivity index (χ2v) is 8.45. The van der Waals surface area contributed by atoms with Crippen molar-refractivity contribution in [3.63, 3.8) is 0 Å². The van der Waals surface area contributed by atoms with Crippen molar-refractivity contribution in [1.29, 1.82) is 0 Å². The highest BCUT2D eigenvalue weighted by Gasteiger charge is 2.23. The van der Waals surface area contributed by atoms with Gasteiger partial charge in [-0.15, -0.1) is 10.2 Å². The highest BCUT2D eigenvalue weighted by Crippen LogP contribution is 2.31. The van der Waals surface area contributed by atoms with Crippen molar-refractivity contribution in [1.82, 2.24) is 19.7 Å². The van der Waals surface area contributed by atoms with E-state index in [9.17, 15) is 0 Å². The summed E-state index contributed by atoms with van der Waals surface area (Å²) in [6.07, 6.45) is 5.52. The van der Waals surface area contributed by atoms with Gasteiger partial charge in [-0.05, 0) is 30.9 Å². The number of hydrogen-bond donors (Lipinski definition) is 1. The molecule has 0 saturated carbocycles. The lowest BCUT2D eigenvalue weighted by molar-refractivity contribution is 0.0953. The number of aromatic nitrogens is 4. The van der Waals surface area contributed by atoms with Gasteiger partial charge >= 0.3 is 0 Å². The second kappa shape index (κ2) is 8.43. The van der Waals surface area contributed by atoms with Crippen LogP contribution in [0.5, 0.6) is 0 Å². The Labute approximate surface area is 174 Å². The summed E-state index contributed by atoms with van der Waals surface area (Å²) in [5.41, 5.74) is 3.57. The molecule has 0 radical (unpaired) electrons. The summed E-state index contributed by atoms with van der Waals surface area (Å²) in [4.78, 5) is 3.36. The Morgan fingerprint density at radius 1 is 1.07 bits per heavy atom. The van der Waals surface area contributed by atoms with E-state index in [0.717, 1.165) is 60.2 Å². The van der Waals surface area contributed by atoms with Crippen molar-refractivity contribution in [2.75, 3.05) is 12.4 Å². The number of fused-ring (bicyclic) bond motifs is 1. The molecule has 5 rings (SSSR count). The summed E-state index contributed by atoms with van der Waals surface area (Å²) in [5.74, 6) is 1.89. The van der Waals surface area contributed by atoms with Gasteiger partial charge in [-0.2, -0.15) is 0 Å². The maximum Gasteiger partial charge on any atom is 0.191 e. The van der Waals surface area contributed by atoms with Crippen LogP contribution in [0.1, 0.15) is 18.4 Å². The standard InChI is InChI=1S/C23H24N4OS/c1-2-7-17(8-3-1)12-14-29-23-26-25-22(27(23)16-18-9-6-13-28-18)20-15-24-21-11-5-4-10-19(20)21/h1-5,7-8,10-11,15,18,24H,6,9,12-14,16H2. The molecule has 3 heterocycles. The molecule has 1 atom stereocenters. The van der Waals surface area contributed by atoms with Gasteiger partial charge in [0.1, 0.15) is 0 Å². The smallest absolute Gasteiger partial charge is 0.191 e. The zero-order valence-corrected chi connectivity index (χ0v) is 17.1. The van der Waals surface area contributed by atoms with Crippen LogP contribution in [0.15, 0.2) is 66.0 Å². The molecule has 148 valence electrons. The van der Waals surface area contributed by atoms with Crippen molar-refractivity contribution in [2.24, 2.45) is 0 Å². The highest BCUT2D eigenvalue weighted by atomic mass is 32.2. The Hall–Kier alpha value is -2.57. The number of hydrogen-bond acceptors (Lipinski definition) is 4. The van der Waals surface area contributed by atoms with Crippen LogP contribution in [0, 0.1) is 0 Å². The van der Waals surface area contributed by atoms with Gasteiger partial charge in [0.05, 0.1) is 12.6 Å². The third-order valence-corrected chi connectivity index (χ3v) is 6.39. The number of nitrogens with zero attached hydrogens (tertiary/aromatic N) is 3. The van der Waals surface area contributed by atoms with Gasteiger partial charge in [0.2, 0.25) is 0 Å². The first-order chi connectivity index (χ1) is 14.4. The number of para-hydroxylation sites is 1. The van der Waals surface area contributed by atoms with E-state index in [2.05, 4.69) is 68.3 Å². The van der Waals surface area contributed by atoms with Crippen LogP contribution in [0.25, 0.3) is 22.3 Å². The average molecular weight is 405 g/mol. The van der Waals surface area contributed by atoms with Gasteiger partial charge in [0.25, 0.3) is 0 Å². The molecule has 0 amide bonds. The van der Waals surface area contributed by atoms with Crippen LogP contribution in [-0.4, -0.2) is 38.2 Å². The fourth-order valence-corrected chi connectivity index (χ4v) is 4.85. The Bertz CT molecular complexity index is 1080. The number of aromatic amines is 1. The lowest BCUT2D eigenvalue weighted by Gasteiger charge is -2.14. The van der Waals surface area contributed by atoms with E-state index >= 15 is 0 Å². The summed E-state index contributed by atoms with van der Waals surface area (Å²) in [6, 6.07) is 18.9. The number of nitrogens with one attached hydrogen (secondary N) is 1. The van der Waals surface area contributed by atoms with Crippen molar-refractivity contribution in [3.8, 4) is 11.4 Å². The third-order valence-electron chi connectivity index (χ3n) is 5.42. The number of ether oxygens (including phenoxy) is 1. The average Bonchev–Trinajstić information content (AvgIpc) is 3.50. The molecule has 0 aliphatic carbocycles. The van der Waals surface area contributed by atoms with E-state index in [1.165, 1.54) is 10.9 Å². The highest BCUT2D eigenvalue weighted by molar-refractivity contribution is 7.99. The zero-order valence-electron chi connectivity index (χ0n) is 16.3. The molecule has 0 bridgehead atoms. The third kappa shape index (κ3) is 3.95. The summed E-state index contributed by atoms with van der Waals surface area (Å²) in [6.45, 7) is 1.65. The van der Waals surface area contributed by atoms with Gasteiger partial charge in [-0.1, -0.05) is 60.3 Å². The van der Waals surface area contributed by atoms with Crippen LogP contribution in [0.3, 0.4) is 0 Å². The molecule has 29 heavy (non-hydrogen) atoms.